The number of benzene rings is 3. The molecule has 0 fully saturated rings. The quantitative estimate of drug-likeness (QED) is 0.124. The van der Waals surface area contributed by atoms with Crippen molar-refractivity contribution >= 4 is 35.3 Å². The average molecular weight is 611 g/mol. The summed E-state index contributed by atoms with van der Waals surface area (Å²) in [4.78, 5) is 25.0. The maximum Gasteiger partial charge on any atom is 0.307 e. The molecule has 2 N–H and O–H groups in total. The molecule has 0 spiro atoms. The van der Waals surface area contributed by atoms with E-state index in [0.717, 1.165) is 22.6 Å². The minimum absolute atomic E-state index is 0.0742. The molecule has 0 aliphatic rings. The van der Waals surface area contributed by atoms with Crippen molar-refractivity contribution in [2.45, 2.75) is 27.4 Å². The number of hydrogen-bond donors (Lipinski definition) is 2. The summed E-state index contributed by atoms with van der Waals surface area (Å²) in [5, 5.41) is 7.27. The summed E-state index contributed by atoms with van der Waals surface area (Å²) in [6.07, 6.45) is 1.38. The van der Waals surface area contributed by atoms with Gasteiger partial charge in [-0.3, -0.25) is 9.59 Å². The Balaban J connectivity index is 1.13. The Bertz CT molecular complexity index is 1790. The number of rotatable bonds is 11. The molecule has 9 nitrogen and oxygen atoms in total. The standard InChI is InChI=1S/C34H31ClN4O5/c1-22-6-4-5-7-30(22)37-33(40)21-43-31-16-10-26(35)18-25(31)19-36-38-34(41)32-17-15-29(44-32)20-42-28-13-11-27(12-14-28)39-23(2)8-9-24(39)3/h4-19H,20-21H2,1-3H3,(H,37,40)(H,38,41)/b36-19+. The van der Waals surface area contributed by atoms with E-state index in [4.69, 9.17) is 25.5 Å². The van der Waals surface area contributed by atoms with Crippen molar-refractivity contribution in [3.8, 4) is 17.2 Å². The van der Waals surface area contributed by atoms with E-state index in [9.17, 15) is 9.59 Å². The van der Waals surface area contributed by atoms with E-state index < -0.39 is 5.91 Å². The van der Waals surface area contributed by atoms with Crippen LogP contribution in [0.15, 0.2) is 101 Å². The molecule has 10 heteroatoms. The first-order chi connectivity index (χ1) is 21.3. The van der Waals surface area contributed by atoms with E-state index in [1.54, 1.807) is 30.3 Å². The first-order valence-corrected chi connectivity index (χ1v) is 14.2. The van der Waals surface area contributed by atoms with Gasteiger partial charge in [-0.1, -0.05) is 29.8 Å². The molecule has 5 rings (SSSR count). The number of ether oxygens (including phenoxy) is 2. The van der Waals surface area contributed by atoms with Gasteiger partial charge in [0, 0.05) is 33.3 Å². The lowest BCUT2D eigenvalue weighted by molar-refractivity contribution is -0.118. The molecule has 0 aliphatic carbocycles. The van der Waals surface area contributed by atoms with Gasteiger partial charge in [0.05, 0.1) is 6.21 Å². The Morgan fingerprint density at radius 3 is 2.41 bits per heavy atom. The summed E-state index contributed by atoms with van der Waals surface area (Å²) in [6.45, 7) is 5.96. The molecule has 2 heterocycles. The molecule has 0 atom stereocenters. The predicted molar refractivity (Wildman–Crippen MR) is 170 cm³/mol. The lowest BCUT2D eigenvalue weighted by Gasteiger charge is -2.11. The van der Waals surface area contributed by atoms with Crippen LogP contribution in [0.5, 0.6) is 11.5 Å². The zero-order valence-corrected chi connectivity index (χ0v) is 25.2. The van der Waals surface area contributed by atoms with E-state index >= 15 is 0 Å². The number of aromatic nitrogens is 1. The van der Waals surface area contributed by atoms with Crippen LogP contribution in [0.25, 0.3) is 5.69 Å². The first kappa shape index (κ1) is 30.2. The molecule has 44 heavy (non-hydrogen) atoms. The van der Waals surface area contributed by atoms with E-state index in [-0.39, 0.29) is 24.9 Å². The molecule has 224 valence electrons. The zero-order chi connectivity index (χ0) is 31.1. The van der Waals surface area contributed by atoms with E-state index in [1.165, 1.54) is 6.21 Å². The topological polar surface area (TPSA) is 107 Å². The molecule has 0 saturated carbocycles. The second kappa shape index (κ2) is 13.8. The summed E-state index contributed by atoms with van der Waals surface area (Å²) in [7, 11) is 0. The number of nitrogens with one attached hydrogen (secondary N) is 2. The van der Waals surface area contributed by atoms with Crippen molar-refractivity contribution in [1.82, 2.24) is 9.99 Å². The molecule has 0 bridgehead atoms. The highest BCUT2D eigenvalue weighted by molar-refractivity contribution is 6.30. The van der Waals surface area contributed by atoms with Crippen LogP contribution in [0.4, 0.5) is 5.69 Å². The highest BCUT2D eigenvalue weighted by atomic mass is 35.5. The monoisotopic (exact) mass is 610 g/mol. The van der Waals surface area contributed by atoms with Crippen LogP contribution in [-0.4, -0.2) is 29.2 Å². The Kier molecular flexibility index (Phi) is 9.46. The lowest BCUT2D eigenvalue weighted by Crippen LogP contribution is -2.21. The molecular weight excluding hydrogens is 580 g/mol. The average Bonchev–Trinajstić information content (AvgIpc) is 3.63. The number of furan rings is 1. The Hall–Kier alpha value is -5.28. The number of carbonyl (C=O) groups excluding carboxylic acids is 2. The van der Waals surface area contributed by atoms with Gasteiger partial charge in [-0.25, -0.2) is 5.43 Å². The first-order valence-electron chi connectivity index (χ1n) is 13.8. The van der Waals surface area contributed by atoms with Crippen LogP contribution in [0, 0.1) is 20.8 Å². The van der Waals surface area contributed by atoms with E-state index in [1.807, 2.05) is 55.5 Å². The maximum atomic E-state index is 12.6. The molecule has 2 aromatic heterocycles. The number of carbonyl (C=O) groups is 2. The fourth-order valence-electron chi connectivity index (χ4n) is 4.51. The van der Waals surface area contributed by atoms with Gasteiger partial charge >= 0.3 is 5.91 Å². The molecule has 0 saturated heterocycles. The minimum atomic E-state index is -0.545. The predicted octanol–water partition coefficient (Wildman–Crippen LogP) is 7.01. The molecular formula is C34H31ClN4O5. The summed E-state index contributed by atoms with van der Waals surface area (Å²) < 4.78 is 19.3. The molecule has 0 unspecified atom stereocenters. The van der Waals surface area contributed by atoms with Crippen LogP contribution in [0.3, 0.4) is 0 Å². The SMILES string of the molecule is Cc1ccccc1NC(=O)COc1ccc(Cl)cc1/C=N/NC(=O)c1ccc(COc2ccc(-n3c(C)ccc3C)cc2)o1. The van der Waals surface area contributed by atoms with Crippen LogP contribution < -0.4 is 20.2 Å². The van der Waals surface area contributed by atoms with Crippen LogP contribution in [0.2, 0.25) is 5.02 Å². The van der Waals surface area contributed by atoms with E-state index in [0.29, 0.717) is 33.5 Å². The third-order valence-electron chi connectivity index (χ3n) is 6.75. The molecule has 2 amide bonds. The van der Waals surface area contributed by atoms with Crippen LogP contribution in [-0.2, 0) is 11.4 Å². The van der Waals surface area contributed by atoms with Crippen molar-refractivity contribution in [1.29, 1.82) is 0 Å². The smallest absolute Gasteiger partial charge is 0.307 e. The van der Waals surface area contributed by atoms with Gasteiger partial charge in [-0.05, 0) is 99.1 Å². The highest BCUT2D eigenvalue weighted by Crippen LogP contribution is 2.23. The largest absolute Gasteiger partial charge is 0.486 e. The third kappa shape index (κ3) is 7.56. The summed E-state index contributed by atoms with van der Waals surface area (Å²) in [5.74, 6) is 0.741. The maximum absolute atomic E-state index is 12.6. The number of halogens is 1. The Morgan fingerprint density at radius 2 is 1.66 bits per heavy atom. The van der Waals surface area contributed by atoms with Gasteiger partial charge in [0.2, 0.25) is 0 Å². The van der Waals surface area contributed by atoms with Crippen LogP contribution >= 0.6 is 11.6 Å². The van der Waals surface area contributed by atoms with Crippen molar-refractivity contribution in [2.75, 3.05) is 11.9 Å². The number of nitrogens with zero attached hydrogens (tertiary/aromatic N) is 2. The van der Waals surface area contributed by atoms with Crippen LogP contribution in [0.1, 0.15) is 38.8 Å². The minimum Gasteiger partial charge on any atom is -0.486 e. The second-order valence-corrected chi connectivity index (χ2v) is 10.5. The van der Waals surface area contributed by atoms with Gasteiger partial charge in [0.25, 0.3) is 5.91 Å². The Morgan fingerprint density at radius 1 is 0.909 bits per heavy atom. The van der Waals surface area contributed by atoms with Gasteiger partial charge in [-0.15, -0.1) is 0 Å². The Labute approximate surface area is 260 Å². The number of hydrazone groups is 1. The number of hydrogen-bond acceptors (Lipinski definition) is 6. The number of anilines is 1. The summed E-state index contributed by atoms with van der Waals surface area (Å²) in [6, 6.07) is 27.5. The summed E-state index contributed by atoms with van der Waals surface area (Å²) in [5.41, 5.74) is 7.91. The fraction of sp³-hybridized carbons (Fsp3) is 0.147. The summed E-state index contributed by atoms with van der Waals surface area (Å²) >= 11 is 6.15. The fourth-order valence-corrected chi connectivity index (χ4v) is 4.69. The van der Waals surface area contributed by atoms with Gasteiger partial charge in [0.1, 0.15) is 23.9 Å². The molecule has 0 aliphatic heterocycles. The number of amides is 2. The normalized spacial score (nSPS) is 11.0. The van der Waals surface area contributed by atoms with Gasteiger partial charge < -0.3 is 23.8 Å². The van der Waals surface area contributed by atoms with Crippen molar-refractivity contribution < 1.29 is 23.5 Å². The molecule has 0 radical (unpaired) electrons. The third-order valence-corrected chi connectivity index (χ3v) is 6.99. The van der Waals surface area contributed by atoms with Gasteiger partial charge in [0.15, 0.2) is 12.4 Å². The second-order valence-electron chi connectivity index (χ2n) is 10.0. The molecule has 5 aromatic rings. The van der Waals surface area contributed by atoms with Crippen molar-refractivity contribution in [3.63, 3.8) is 0 Å². The number of para-hydroxylation sites is 1. The van der Waals surface area contributed by atoms with Crippen molar-refractivity contribution in [2.24, 2.45) is 5.10 Å². The van der Waals surface area contributed by atoms with Gasteiger partial charge in [-0.2, -0.15) is 5.10 Å². The van der Waals surface area contributed by atoms with Crippen molar-refractivity contribution in [3.05, 3.63) is 130 Å². The molecule has 3 aromatic carbocycles. The zero-order valence-electron chi connectivity index (χ0n) is 24.5. The lowest BCUT2D eigenvalue weighted by atomic mass is 10.2. The van der Waals surface area contributed by atoms with E-state index in [2.05, 4.69) is 46.4 Å². The number of aryl methyl sites for hydroxylation is 3. The highest BCUT2D eigenvalue weighted by Gasteiger charge is 2.12.